The second kappa shape index (κ2) is 14.4. The number of benzene rings is 2. The van der Waals surface area contributed by atoms with Crippen LogP contribution in [0.4, 0.5) is 10.5 Å². The number of hydrogen-bond acceptors (Lipinski definition) is 6. The monoisotopic (exact) mass is 527 g/mol. The van der Waals surface area contributed by atoms with Gasteiger partial charge >= 0.3 is 6.09 Å². The molecule has 0 aliphatic heterocycles. The summed E-state index contributed by atoms with van der Waals surface area (Å²) in [5.41, 5.74) is 1.24. The number of rotatable bonds is 12. The molecule has 2 unspecified atom stereocenters. The summed E-state index contributed by atoms with van der Waals surface area (Å²) in [6, 6.07) is 12.0. The summed E-state index contributed by atoms with van der Waals surface area (Å²) in [6.45, 7) is 8.64. The highest BCUT2D eigenvalue weighted by atomic mass is 16.6. The van der Waals surface area contributed by atoms with E-state index in [-0.39, 0.29) is 6.54 Å². The highest BCUT2D eigenvalue weighted by Crippen LogP contribution is 2.28. The minimum absolute atomic E-state index is 0.258. The molecule has 0 bridgehead atoms. The second-order valence-electron chi connectivity index (χ2n) is 10.1. The van der Waals surface area contributed by atoms with E-state index in [1.165, 1.54) is 4.90 Å². The minimum atomic E-state index is -1.29. The van der Waals surface area contributed by atoms with Crippen LogP contribution >= 0.6 is 0 Å². The number of alkyl carbamates (subject to hydrolysis) is 1. The fourth-order valence-electron chi connectivity index (χ4n) is 3.96. The predicted octanol–water partition coefficient (Wildman–Crippen LogP) is 4.59. The number of nitrogens with zero attached hydrogens (tertiary/aromatic N) is 1. The van der Waals surface area contributed by atoms with Crippen molar-refractivity contribution in [2.45, 2.75) is 71.6 Å². The second-order valence-corrected chi connectivity index (χ2v) is 10.1. The van der Waals surface area contributed by atoms with E-state index in [0.29, 0.717) is 23.4 Å². The van der Waals surface area contributed by atoms with Gasteiger partial charge in [-0.25, -0.2) is 4.79 Å². The number of nitrogens with one attached hydrogen (secondary N) is 2. The molecular formula is C29H41N3O6. The Morgan fingerprint density at radius 1 is 1.03 bits per heavy atom. The number of carbonyl (C=O) groups is 3. The van der Waals surface area contributed by atoms with E-state index in [1.54, 1.807) is 52.1 Å². The molecule has 0 aliphatic carbocycles. The SMILES string of the molecule is CCCCCN(C(=O)C(CO)NC(=O)OC(C)(C)C)C(C(=O)Nc1ccc(OC)cc1)c1ccccc1C. The maximum Gasteiger partial charge on any atom is 0.408 e. The lowest BCUT2D eigenvalue weighted by atomic mass is 9.97. The number of carbonyl (C=O) groups excluding carboxylic acids is 3. The summed E-state index contributed by atoms with van der Waals surface area (Å²) in [4.78, 5) is 41.5. The molecule has 0 fully saturated rings. The lowest BCUT2D eigenvalue weighted by molar-refractivity contribution is -0.141. The predicted molar refractivity (Wildman–Crippen MR) is 147 cm³/mol. The maximum atomic E-state index is 13.8. The number of methoxy groups -OCH3 is 1. The molecule has 0 radical (unpaired) electrons. The topological polar surface area (TPSA) is 117 Å². The number of aryl methyl sites for hydroxylation is 1. The first-order valence-electron chi connectivity index (χ1n) is 12.9. The van der Waals surface area contributed by atoms with Crippen LogP contribution in [0.25, 0.3) is 0 Å². The highest BCUT2D eigenvalue weighted by Gasteiger charge is 2.36. The van der Waals surface area contributed by atoms with Crippen molar-refractivity contribution in [3.63, 3.8) is 0 Å². The number of aliphatic hydroxyl groups excluding tert-OH is 1. The van der Waals surface area contributed by atoms with Gasteiger partial charge in [-0.1, -0.05) is 44.0 Å². The quantitative estimate of drug-likeness (QED) is 0.348. The smallest absolute Gasteiger partial charge is 0.408 e. The standard InChI is InChI=1S/C29H41N3O6/c1-7-8-11-18-32(27(35)24(19-33)31-28(36)38-29(3,4)5)25(23-13-10-9-12-20(23)2)26(34)30-21-14-16-22(37-6)17-15-21/h9-10,12-17,24-25,33H,7-8,11,18-19H2,1-6H3,(H,30,34)(H,31,36). The fourth-order valence-corrected chi connectivity index (χ4v) is 3.96. The average molecular weight is 528 g/mol. The molecule has 0 aromatic heterocycles. The summed E-state index contributed by atoms with van der Waals surface area (Å²) in [5.74, 6) is -0.343. The van der Waals surface area contributed by atoms with Gasteiger partial charge in [0.15, 0.2) is 0 Å². The first-order chi connectivity index (χ1) is 18.0. The third-order valence-electron chi connectivity index (χ3n) is 5.86. The Bertz CT molecular complexity index is 1060. The zero-order valence-electron chi connectivity index (χ0n) is 23.2. The van der Waals surface area contributed by atoms with Crippen LogP contribution in [0.2, 0.25) is 0 Å². The first-order valence-corrected chi connectivity index (χ1v) is 12.9. The van der Waals surface area contributed by atoms with Crippen molar-refractivity contribution in [1.29, 1.82) is 0 Å². The Balaban J connectivity index is 2.47. The van der Waals surface area contributed by atoms with Gasteiger partial charge in [-0.05, 0) is 69.5 Å². The van der Waals surface area contributed by atoms with Gasteiger partial charge in [0, 0.05) is 12.2 Å². The van der Waals surface area contributed by atoms with Gasteiger partial charge in [0.05, 0.1) is 13.7 Å². The van der Waals surface area contributed by atoms with Gasteiger partial charge < -0.3 is 30.1 Å². The Hall–Kier alpha value is -3.59. The summed E-state index contributed by atoms with van der Waals surface area (Å²) in [7, 11) is 1.56. The summed E-state index contributed by atoms with van der Waals surface area (Å²) in [5, 5.41) is 15.4. The van der Waals surface area contributed by atoms with Crippen LogP contribution in [0.15, 0.2) is 48.5 Å². The van der Waals surface area contributed by atoms with E-state index in [0.717, 1.165) is 18.4 Å². The average Bonchev–Trinajstić information content (AvgIpc) is 2.86. The molecular weight excluding hydrogens is 486 g/mol. The molecule has 2 atom stereocenters. The van der Waals surface area contributed by atoms with Gasteiger partial charge in [0.25, 0.3) is 5.91 Å². The van der Waals surface area contributed by atoms with Gasteiger partial charge in [0.1, 0.15) is 23.4 Å². The van der Waals surface area contributed by atoms with E-state index in [4.69, 9.17) is 9.47 Å². The molecule has 38 heavy (non-hydrogen) atoms. The fraction of sp³-hybridized carbons (Fsp3) is 0.483. The van der Waals surface area contributed by atoms with Crippen molar-refractivity contribution < 1.29 is 29.0 Å². The largest absolute Gasteiger partial charge is 0.497 e. The lowest BCUT2D eigenvalue weighted by Gasteiger charge is -2.34. The van der Waals surface area contributed by atoms with E-state index >= 15 is 0 Å². The summed E-state index contributed by atoms with van der Waals surface area (Å²) < 4.78 is 10.5. The van der Waals surface area contributed by atoms with Crippen LogP contribution < -0.4 is 15.4 Å². The Morgan fingerprint density at radius 2 is 1.68 bits per heavy atom. The molecule has 0 heterocycles. The Kier molecular flexibility index (Phi) is 11.6. The molecule has 9 heteroatoms. The molecule has 3 N–H and O–H groups in total. The number of hydrogen-bond donors (Lipinski definition) is 3. The van der Waals surface area contributed by atoms with E-state index in [1.807, 2.05) is 38.1 Å². The summed E-state index contributed by atoms with van der Waals surface area (Å²) >= 11 is 0. The van der Waals surface area contributed by atoms with E-state index in [9.17, 15) is 19.5 Å². The first kappa shape index (κ1) is 30.6. The van der Waals surface area contributed by atoms with Crippen LogP contribution in [0, 0.1) is 6.92 Å². The molecule has 208 valence electrons. The van der Waals surface area contributed by atoms with E-state index in [2.05, 4.69) is 10.6 Å². The molecule has 9 nitrogen and oxygen atoms in total. The van der Waals surface area contributed by atoms with Crippen molar-refractivity contribution in [1.82, 2.24) is 10.2 Å². The minimum Gasteiger partial charge on any atom is -0.497 e. The molecule has 2 rings (SSSR count). The van der Waals surface area contributed by atoms with Crippen LogP contribution in [-0.4, -0.2) is 59.8 Å². The molecule has 0 saturated heterocycles. The number of aliphatic hydroxyl groups is 1. The van der Waals surface area contributed by atoms with Crippen LogP contribution in [-0.2, 0) is 14.3 Å². The molecule has 0 spiro atoms. The molecule has 0 aliphatic rings. The number of amides is 3. The van der Waals surface area contributed by atoms with Crippen LogP contribution in [0.1, 0.15) is 64.1 Å². The zero-order chi connectivity index (χ0) is 28.3. The third kappa shape index (κ3) is 9.06. The van der Waals surface area contributed by atoms with Crippen molar-refractivity contribution >= 4 is 23.6 Å². The van der Waals surface area contributed by atoms with Gasteiger partial charge in [0.2, 0.25) is 5.91 Å². The van der Waals surface area contributed by atoms with Crippen molar-refractivity contribution in [3.05, 3.63) is 59.7 Å². The zero-order valence-corrected chi connectivity index (χ0v) is 23.2. The Morgan fingerprint density at radius 3 is 2.24 bits per heavy atom. The maximum absolute atomic E-state index is 13.8. The van der Waals surface area contributed by atoms with Crippen molar-refractivity contribution in [2.24, 2.45) is 0 Å². The van der Waals surface area contributed by atoms with Crippen molar-refractivity contribution in [2.75, 3.05) is 25.6 Å². The lowest BCUT2D eigenvalue weighted by Crippen LogP contribution is -2.54. The van der Waals surface area contributed by atoms with Crippen molar-refractivity contribution in [3.8, 4) is 5.75 Å². The van der Waals surface area contributed by atoms with Crippen LogP contribution in [0.5, 0.6) is 5.75 Å². The van der Waals surface area contributed by atoms with Gasteiger partial charge in [-0.3, -0.25) is 9.59 Å². The number of unbranched alkanes of at least 4 members (excludes halogenated alkanes) is 2. The third-order valence-corrected chi connectivity index (χ3v) is 5.86. The number of ether oxygens (including phenoxy) is 2. The number of anilines is 1. The molecule has 2 aromatic carbocycles. The summed E-state index contributed by atoms with van der Waals surface area (Å²) in [6.07, 6.45) is 1.57. The van der Waals surface area contributed by atoms with Crippen LogP contribution in [0.3, 0.4) is 0 Å². The van der Waals surface area contributed by atoms with Gasteiger partial charge in [-0.15, -0.1) is 0 Å². The highest BCUT2D eigenvalue weighted by molar-refractivity contribution is 5.99. The molecule has 2 aromatic rings. The van der Waals surface area contributed by atoms with E-state index < -0.39 is 42.2 Å². The Labute approximate surface area is 225 Å². The van der Waals surface area contributed by atoms with Gasteiger partial charge in [-0.2, -0.15) is 0 Å². The molecule has 3 amide bonds. The molecule has 0 saturated carbocycles. The normalized spacial score (nSPS) is 12.7.